The Hall–Kier alpha value is -1.55. The molecule has 0 aliphatic carbocycles. The SMILES string of the molecule is Cc1cnc(N(C)CCCOc2ccccc2)s1. The van der Waals surface area contributed by atoms with Crippen molar-refractivity contribution in [2.45, 2.75) is 13.3 Å². The average Bonchev–Trinajstić information content (AvgIpc) is 2.82. The first-order chi connectivity index (χ1) is 8.75. The second kappa shape index (κ2) is 6.40. The van der Waals surface area contributed by atoms with E-state index in [9.17, 15) is 0 Å². The van der Waals surface area contributed by atoms with Gasteiger partial charge in [0.1, 0.15) is 5.75 Å². The number of aromatic nitrogens is 1. The summed E-state index contributed by atoms with van der Waals surface area (Å²) in [6.45, 7) is 3.77. The molecule has 0 atom stereocenters. The van der Waals surface area contributed by atoms with Crippen molar-refractivity contribution in [2.24, 2.45) is 0 Å². The van der Waals surface area contributed by atoms with Crippen LogP contribution in [-0.4, -0.2) is 25.2 Å². The van der Waals surface area contributed by atoms with Gasteiger partial charge in [-0.2, -0.15) is 0 Å². The van der Waals surface area contributed by atoms with Gasteiger partial charge in [-0.1, -0.05) is 18.2 Å². The maximum absolute atomic E-state index is 5.65. The van der Waals surface area contributed by atoms with E-state index in [2.05, 4.69) is 23.9 Å². The molecule has 1 aromatic heterocycles. The molecule has 0 N–H and O–H groups in total. The van der Waals surface area contributed by atoms with Gasteiger partial charge < -0.3 is 9.64 Å². The quantitative estimate of drug-likeness (QED) is 0.746. The predicted octanol–water partition coefficient (Wildman–Crippen LogP) is 3.36. The topological polar surface area (TPSA) is 25.4 Å². The zero-order valence-corrected chi connectivity index (χ0v) is 11.6. The van der Waals surface area contributed by atoms with Crippen molar-refractivity contribution in [1.29, 1.82) is 0 Å². The number of hydrogen-bond acceptors (Lipinski definition) is 4. The molecule has 0 aliphatic heterocycles. The molecule has 96 valence electrons. The smallest absolute Gasteiger partial charge is 0.185 e. The van der Waals surface area contributed by atoms with Gasteiger partial charge in [-0.15, -0.1) is 11.3 Å². The fourth-order valence-electron chi connectivity index (χ4n) is 1.62. The Labute approximate surface area is 112 Å². The summed E-state index contributed by atoms with van der Waals surface area (Å²) in [5.74, 6) is 0.935. The third kappa shape index (κ3) is 3.74. The van der Waals surface area contributed by atoms with Crippen LogP contribution in [0, 0.1) is 6.92 Å². The first-order valence-electron chi connectivity index (χ1n) is 6.07. The summed E-state index contributed by atoms with van der Waals surface area (Å²) in [6, 6.07) is 9.92. The third-order valence-electron chi connectivity index (χ3n) is 2.59. The maximum atomic E-state index is 5.65. The molecule has 1 heterocycles. The van der Waals surface area contributed by atoms with E-state index in [-0.39, 0.29) is 0 Å². The Bertz CT molecular complexity index is 470. The second-order valence-electron chi connectivity index (χ2n) is 4.19. The maximum Gasteiger partial charge on any atom is 0.185 e. The van der Waals surface area contributed by atoms with Crippen molar-refractivity contribution >= 4 is 16.5 Å². The Morgan fingerprint density at radius 3 is 2.72 bits per heavy atom. The van der Waals surface area contributed by atoms with Gasteiger partial charge in [-0.3, -0.25) is 0 Å². The van der Waals surface area contributed by atoms with E-state index >= 15 is 0 Å². The van der Waals surface area contributed by atoms with Crippen LogP contribution >= 0.6 is 11.3 Å². The molecule has 0 radical (unpaired) electrons. The van der Waals surface area contributed by atoms with Gasteiger partial charge >= 0.3 is 0 Å². The van der Waals surface area contributed by atoms with Crippen molar-refractivity contribution in [1.82, 2.24) is 4.98 Å². The highest BCUT2D eigenvalue weighted by Gasteiger charge is 2.04. The van der Waals surface area contributed by atoms with Crippen LogP contribution in [0.3, 0.4) is 0 Å². The lowest BCUT2D eigenvalue weighted by Gasteiger charge is -2.15. The molecule has 2 aromatic rings. The molecule has 0 unspecified atom stereocenters. The normalized spacial score (nSPS) is 10.3. The number of ether oxygens (including phenoxy) is 1. The molecule has 0 spiro atoms. The Balaban J connectivity index is 1.69. The minimum Gasteiger partial charge on any atom is -0.494 e. The number of benzene rings is 1. The molecular weight excluding hydrogens is 244 g/mol. The van der Waals surface area contributed by atoms with E-state index in [1.54, 1.807) is 11.3 Å². The van der Waals surface area contributed by atoms with Crippen LogP contribution in [0.25, 0.3) is 0 Å². The summed E-state index contributed by atoms with van der Waals surface area (Å²) in [7, 11) is 2.07. The van der Waals surface area contributed by atoms with Gasteiger partial charge in [0.2, 0.25) is 0 Å². The molecular formula is C14H18N2OS. The van der Waals surface area contributed by atoms with Crippen molar-refractivity contribution in [3.8, 4) is 5.75 Å². The summed E-state index contributed by atoms with van der Waals surface area (Å²) >= 11 is 1.72. The van der Waals surface area contributed by atoms with Crippen LogP contribution in [0.5, 0.6) is 5.75 Å². The fourth-order valence-corrected chi connectivity index (χ4v) is 2.37. The Kier molecular flexibility index (Phi) is 4.59. The molecule has 4 heteroatoms. The predicted molar refractivity (Wildman–Crippen MR) is 76.7 cm³/mol. The van der Waals surface area contributed by atoms with E-state index in [1.165, 1.54) is 4.88 Å². The van der Waals surface area contributed by atoms with Gasteiger partial charge in [0.05, 0.1) is 6.61 Å². The van der Waals surface area contributed by atoms with Crippen molar-refractivity contribution in [3.05, 3.63) is 41.4 Å². The Morgan fingerprint density at radius 1 is 1.28 bits per heavy atom. The van der Waals surface area contributed by atoms with Gasteiger partial charge in [0.25, 0.3) is 0 Å². The molecule has 0 saturated heterocycles. The number of hydrogen-bond donors (Lipinski definition) is 0. The standard InChI is InChI=1S/C14H18N2OS/c1-12-11-15-14(18-12)16(2)9-6-10-17-13-7-4-3-5-8-13/h3-5,7-8,11H,6,9-10H2,1-2H3. The summed E-state index contributed by atoms with van der Waals surface area (Å²) in [6.07, 6.45) is 2.90. The number of aryl methyl sites for hydroxylation is 1. The molecule has 18 heavy (non-hydrogen) atoms. The third-order valence-corrected chi connectivity index (χ3v) is 3.61. The molecule has 0 saturated carbocycles. The van der Waals surface area contributed by atoms with Crippen LogP contribution in [-0.2, 0) is 0 Å². The van der Waals surface area contributed by atoms with Crippen LogP contribution < -0.4 is 9.64 Å². The average molecular weight is 262 g/mol. The number of rotatable bonds is 6. The van der Waals surface area contributed by atoms with E-state index in [4.69, 9.17) is 4.74 Å². The van der Waals surface area contributed by atoms with Crippen LogP contribution in [0.2, 0.25) is 0 Å². The first-order valence-corrected chi connectivity index (χ1v) is 6.89. The largest absolute Gasteiger partial charge is 0.494 e. The lowest BCUT2D eigenvalue weighted by molar-refractivity contribution is 0.312. The molecule has 1 aromatic carbocycles. The second-order valence-corrected chi connectivity index (χ2v) is 5.40. The summed E-state index contributed by atoms with van der Waals surface area (Å²) in [4.78, 5) is 7.78. The van der Waals surface area contributed by atoms with Crippen LogP contribution in [0.1, 0.15) is 11.3 Å². The van der Waals surface area contributed by atoms with Crippen LogP contribution in [0.4, 0.5) is 5.13 Å². The highest BCUT2D eigenvalue weighted by molar-refractivity contribution is 7.15. The van der Waals surface area contributed by atoms with Gasteiger partial charge in [-0.05, 0) is 25.5 Å². The highest BCUT2D eigenvalue weighted by atomic mass is 32.1. The van der Waals surface area contributed by atoms with Gasteiger partial charge in [0.15, 0.2) is 5.13 Å². The molecule has 0 aliphatic rings. The van der Waals surface area contributed by atoms with Crippen molar-refractivity contribution in [3.63, 3.8) is 0 Å². The molecule has 0 bridgehead atoms. The fraction of sp³-hybridized carbons (Fsp3) is 0.357. The number of thiazole rings is 1. The number of nitrogens with zero attached hydrogens (tertiary/aromatic N) is 2. The summed E-state index contributed by atoms with van der Waals surface area (Å²) in [5.41, 5.74) is 0. The zero-order chi connectivity index (χ0) is 12.8. The Morgan fingerprint density at radius 2 is 2.06 bits per heavy atom. The van der Waals surface area contributed by atoms with Gasteiger partial charge in [0, 0.05) is 24.7 Å². The molecule has 0 amide bonds. The summed E-state index contributed by atoms with van der Waals surface area (Å²) in [5, 5.41) is 1.08. The molecule has 2 rings (SSSR count). The molecule has 0 fully saturated rings. The lowest BCUT2D eigenvalue weighted by Crippen LogP contribution is -2.20. The number of anilines is 1. The monoisotopic (exact) mass is 262 g/mol. The van der Waals surface area contributed by atoms with Crippen LogP contribution in [0.15, 0.2) is 36.5 Å². The first kappa shape index (κ1) is 12.9. The zero-order valence-electron chi connectivity index (χ0n) is 10.8. The lowest BCUT2D eigenvalue weighted by atomic mass is 10.3. The van der Waals surface area contributed by atoms with E-state index in [0.717, 1.165) is 30.5 Å². The van der Waals surface area contributed by atoms with Crippen molar-refractivity contribution in [2.75, 3.05) is 25.1 Å². The van der Waals surface area contributed by atoms with E-state index in [1.807, 2.05) is 36.5 Å². The summed E-state index contributed by atoms with van der Waals surface area (Å²) < 4.78 is 5.65. The van der Waals surface area contributed by atoms with Gasteiger partial charge in [-0.25, -0.2) is 4.98 Å². The van der Waals surface area contributed by atoms with E-state index < -0.39 is 0 Å². The molecule has 3 nitrogen and oxygen atoms in total. The van der Waals surface area contributed by atoms with Crippen molar-refractivity contribution < 1.29 is 4.74 Å². The highest BCUT2D eigenvalue weighted by Crippen LogP contribution is 2.20. The van der Waals surface area contributed by atoms with E-state index in [0.29, 0.717) is 0 Å². The minimum absolute atomic E-state index is 0.735. The minimum atomic E-state index is 0.735. The number of para-hydroxylation sites is 1.